The van der Waals surface area contributed by atoms with Gasteiger partial charge in [-0.1, -0.05) is 11.6 Å². The molecule has 0 aliphatic heterocycles. The molecule has 2 nitrogen and oxygen atoms in total. The fourth-order valence-electron chi connectivity index (χ4n) is 0.640. The number of aliphatic imine (C=N–C) groups is 1. The summed E-state index contributed by atoms with van der Waals surface area (Å²) in [6.07, 6.45) is -3.22. The van der Waals surface area contributed by atoms with Crippen molar-refractivity contribution in [2.75, 3.05) is 0 Å². The first-order valence-electron chi connectivity index (χ1n) is 3.29. The van der Waals surface area contributed by atoms with E-state index in [1.807, 2.05) is 0 Å². The van der Waals surface area contributed by atoms with Crippen LogP contribution in [0.2, 0.25) is 0 Å². The standard InChI is InChI=1S/C7H5ClF3NO/c8-6(7(9,10)11)12-4-5-2-1-3-13-5/h1-3H,4H2. The van der Waals surface area contributed by atoms with Gasteiger partial charge in [0.25, 0.3) is 0 Å². The lowest BCUT2D eigenvalue weighted by Gasteiger charge is -2.01. The Bertz CT molecular complexity index is 291. The minimum Gasteiger partial charge on any atom is -0.467 e. The van der Waals surface area contributed by atoms with Crippen molar-refractivity contribution >= 4 is 16.8 Å². The maximum Gasteiger partial charge on any atom is 0.444 e. The van der Waals surface area contributed by atoms with Crippen molar-refractivity contribution in [2.24, 2.45) is 4.99 Å². The van der Waals surface area contributed by atoms with Crippen LogP contribution < -0.4 is 0 Å². The lowest BCUT2D eigenvalue weighted by atomic mass is 10.4. The van der Waals surface area contributed by atoms with Crippen LogP contribution >= 0.6 is 11.6 Å². The maximum atomic E-state index is 11.8. The molecule has 0 saturated heterocycles. The molecule has 0 saturated carbocycles. The molecule has 13 heavy (non-hydrogen) atoms. The van der Waals surface area contributed by atoms with Gasteiger partial charge < -0.3 is 4.42 Å². The van der Waals surface area contributed by atoms with Crippen molar-refractivity contribution in [3.63, 3.8) is 0 Å². The Kier molecular flexibility index (Phi) is 2.98. The summed E-state index contributed by atoms with van der Waals surface area (Å²) in [6.45, 7) is -0.203. The third-order valence-electron chi connectivity index (χ3n) is 1.19. The van der Waals surface area contributed by atoms with Gasteiger partial charge in [0, 0.05) is 0 Å². The third kappa shape index (κ3) is 3.10. The summed E-state index contributed by atoms with van der Waals surface area (Å²) in [7, 11) is 0. The molecule has 0 atom stereocenters. The van der Waals surface area contributed by atoms with Crippen LogP contribution in [0.4, 0.5) is 13.2 Å². The van der Waals surface area contributed by atoms with E-state index in [-0.39, 0.29) is 6.54 Å². The monoisotopic (exact) mass is 211 g/mol. The first-order valence-corrected chi connectivity index (χ1v) is 3.67. The van der Waals surface area contributed by atoms with Crippen LogP contribution in [0.15, 0.2) is 27.8 Å². The summed E-state index contributed by atoms with van der Waals surface area (Å²) in [5.74, 6) is 0.336. The molecule has 1 rings (SSSR count). The number of hydrogen-bond donors (Lipinski definition) is 0. The fraction of sp³-hybridized carbons (Fsp3) is 0.286. The lowest BCUT2D eigenvalue weighted by molar-refractivity contribution is -0.0561. The highest BCUT2D eigenvalue weighted by Crippen LogP contribution is 2.20. The lowest BCUT2D eigenvalue weighted by Crippen LogP contribution is -2.17. The van der Waals surface area contributed by atoms with Crippen molar-refractivity contribution in [3.05, 3.63) is 24.2 Å². The van der Waals surface area contributed by atoms with Crippen LogP contribution in [0.25, 0.3) is 0 Å². The van der Waals surface area contributed by atoms with Crippen molar-refractivity contribution in [1.29, 1.82) is 0 Å². The van der Waals surface area contributed by atoms with Gasteiger partial charge >= 0.3 is 6.18 Å². The highest BCUT2D eigenvalue weighted by atomic mass is 35.5. The SMILES string of the molecule is FC(F)(F)C(Cl)=NCc1ccco1. The van der Waals surface area contributed by atoms with Gasteiger partial charge in [-0.3, -0.25) is 4.99 Å². The molecule has 0 N–H and O–H groups in total. The van der Waals surface area contributed by atoms with E-state index in [2.05, 4.69) is 4.99 Å². The van der Waals surface area contributed by atoms with Gasteiger partial charge in [-0.15, -0.1) is 0 Å². The molecule has 72 valence electrons. The van der Waals surface area contributed by atoms with E-state index < -0.39 is 11.3 Å². The molecule has 0 aliphatic carbocycles. The first-order chi connectivity index (χ1) is 6.00. The van der Waals surface area contributed by atoms with Crippen molar-refractivity contribution in [1.82, 2.24) is 0 Å². The summed E-state index contributed by atoms with van der Waals surface area (Å²) in [4.78, 5) is 3.10. The fourth-order valence-corrected chi connectivity index (χ4v) is 0.699. The van der Waals surface area contributed by atoms with E-state index >= 15 is 0 Å². The smallest absolute Gasteiger partial charge is 0.444 e. The van der Waals surface area contributed by atoms with E-state index in [1.54, 1.807) is 6.07 Å². The second-order valence-corrected chi connectivity index (χ2v) is 2.54. The zero-order valence-electron chi connectivity index (χ0n) is 6.31. The molecule has 0 unspecified atom stereocenters. The summed E-state index contributed by atoms with van der Waals surface area (Å²) in [5, 5.41) is -1.37. The van der Waals surface area contributed by atoms with Gasteiger partial charge in [-0.05, 0) is 12.1 Å². The molecule has 0 bridgehead atoms. The van der Waals surface area contributed by atoms with E-state index in [4.69, 9.17) is 16.0 Å². The molecule has 0 aromatic carbocycles. The van der Waals surface area contributed by atoms with Crippen LogP contribution in [0.5, 0.6) is 0 Å². The molecule has 0 amide bonds. The zero-order chi connectivity index (χ0) is 9.90. The summed E-state index contributed by atoms with van der Waals surface area (Å²) < 4.78 is 40.1. The Morgan fingerprint density at radius 2 is 2.23 bits per heavy atom. The molecule has 1 aromatic rings. The average molecular weight is 212 g/mol. The summed E-state index contributed by atoms with van der Waals surface area (Å²) in [5.41, 5.74) is 0. The number of hydrogen-bond acceptors (Lipinski definition) is 2. The summed E-state index contributed by atoms with van der Waals surface area (Å²) in [6, 6.07) is 3.08. The Labute approximate surface area is 77.0 Å². The number of alkyl halides is 3. The maximum absolute atomic E-state index is 11.8. The van der Waals surface area contributed by atoms with Crippen LogP contribution in [0, 0.1) is 0 Å². The summed E-state index contributed by atoms with van der Waals surface area (Å²) >= 11 is 4.86. The molecule has 1 aromatic heterocycles. The van der Waals surface area contributed by atoms with Crippen molar-refractivity contribution in [3.8, 4) is 0 Å². The van der Waals surface area contributed by atoms with Gasteiger partial charge in [0.1, 0.15) is 5.76 Å². The Balaban J connectivity index is 2.59. The number of furan rings is 1. The van der Waals surface area contributed by atoms with Gasteiger partial charge in [0.05, 0.1) is 12.8 Å². The second-order valence-electron chi connectivity index (χ2n) is 2.18. The first kappa shape index (κ1) is 10.1. The molecule has 0 spiro atoms. The van der Waals surface area contributed by atoms with Crippen LogP contribution in [-0.4, -0.2) is 11.3 Å². The van der Waals surface area contributed by atoms with Crippen LogP contribution in [-0.2, 0) is 6.54 Å². The second kappa shape index (κ2) is 3.83. The molecular formula is C7H5ClF3NO. The van der Waals surface area contributed by atoms with Gasteiger partial charge in [0.2, 0.25) is 5.17 Å². The number of rotatable bonds is 2. The minimum atomic E-state index is -4.58. The molecule has 0 radical (unpaired) electrons. The quantitative estimate of drug-likeness (QED) is 0.691. The van der Waals surface area contributed by atoms with E-state index in [0.717, 1.165) is 0 Å². The highest BCUT2D eigenvalue weighted by molar-refractivity contribution is 6.66. The zero-order valence-corrected chi connectivity index (χ0v) is 7.06. The molecule has 6 heteroatoms. The van der Waals surface area contributed by atoms with E-state index in [9.17, 15) is 13.2 Å². The van der Waals surface area contributed by atoms with E-state index in [1.165, 1.54) is 12.3 Å². The topological polar surface area (TPSA) is 25.5 Å². The predicted octanol–water partition coefficient (Wildman–Crippen LogP) is 2.98. The van der Waals surface area contributed by atoms with Gasteiger partial charge in [-0.2, -0.15) is 13.2 Å². The number of halogens is 4. The van der Waals surface area contributed by atoms with Gasteiger partial charge in [0.15, 0.2) is 0 Å². The Hall–Kier alpha value is -0.970. The Morgan fingerprint density at radius 3 is 2.69 bits per heavy atom. The van der Waals surface area contributed by atoms with Crippen LogP contribution in [0.3, 0.4) is 0 Å². The largest absolute Gasteiger partial charge is 0.467 e. The van der Waals surface area contributed by atoms with Crippen LogP contribution in [0.1, 0.15) is 5.76 Å². The molecule has 0 fully saturated rings. The number of nitrogens with zero attached hydrogens (tertiary/aromatic N) is 1. The molecule has 0 aliphatic rings. The molecular weight excluding hydrogens is 207 g/mol. The van der Waals surface area contributed by atoms with Gasteiger partial charge in [-0.25, -0.2) is 0 Å². The average Bonchev–Trinajstić information content (AvgIpc) is 2.50. The van der Waals surface area contributed by atoms with Crippen molar-refractivity contribution in [2.45, 2.75) is 12.7 Å². The van der Waals surface area contributed by atoms with Crippen molar-refractivity contribution < 1.29 is 17.6 Å². The predicted molar refractivity (Wildman–Crippen MR) is 41.8 cm³/mol. The highest BCUT2D eigenvalue weighted by Gasteiger charge is 2.34. The third-order valence-corrected chi connectivity index (χ3v) is 1.52. The molecule has 1 heterocycles. The normalized spacial score (nSPS) is 13.4. The van der Waals surface area contributed by atoms with E-state index in [0.29, 0.717) is 5.76 Å². The minimum absolute atomic E-state index is 0.203. The Morgan fingerprint density at radius 1 is 1.54 bits per heavy atom.